The van der Waals surface area contributed by atoms with Crippen molar-refractivity contribution in [1.82, 2.24) is 58.6 Å². The zero-order chi connectivity index (χ0) is 82.4. The SMILES string of the molecule is c1ccc2cc3c(cc2c1)c1ccccc1n3-c1nc(-c2ccc(-c3ccc4cccnc4c3)cc2)c2ccccc2n1.c1ccc2cc3c(cc2c1)c1ccccc1n3-c1nc(-c2ccc(-c3cccc4cccnc34)cc2)c2ccccc2n1.c1cncc(-c2ccc(-c3nc(-n4c5ccccc5c5cc6ccccc6cc54)nc4ccccc34)cc2)c1. The number of nitrogens with zero attached hydrogens (tertiary/aromatic N) is 12. The highest BCUT2D eigenvalue weighted by Gasteiger charge is 2.24. The first-order valence-electron chi connectivity index (χ1n) is 41.9. The Morgan fingerprint density at radius 2 is 0.512 bits per heavy atom. The minimum Gasteiger partial charge on any atom is -0.278 e. The maximum absolute atomic E-state index is 5.29. The fourth-order valence-electron chi connectivity index (χ4n) is 18.3. The van der Waals surface area contributed by atoms with Gasteiger partial charge in [-0.05, 0) is 157 Å². The molecule has 0 N–H and O–H groups in total. The maximum Gasteiger partial charge on any atom is 0.235 e. The second-order valence-corrected chi connectivity index (χ2v) is 31.6. The highest BCUT2D eigenvalue weighted by molar-refractivity contribution is 6.17. The van der Waals surface area contributed by atoms with Gasteiger partial charge in [0, 0.05) is 106 Å². The molecule has 582 valence electrons. The summed E-state index contributed by atoms with van der Waals surface area (Å²) in [7, 11) is 0. The summed E-state index contributed by atoms with van der Waals surface area (Å²) in [5, 5.41) is 19.8. The minimum absolute atomic E-state index is 0.664. The summed E-state index contributed by atoms with van der Waals surface area (Å²) >= 11 is 0. The van der Waals surface area contributed by atoms with E-state index in [1.165, 1.54) is 64.6 Å². The predicted octanol–water partition coefficient (Wildman–Crippen LogP) is 28.1. The van der Waals surface area contributed by atoms with Crippen LogP contribution in [0.25, 0.3) is 237 Å². The third kappa shape index (κ3) is 12.7. The van der Waals surface area contributed by atoms with E-state index < -0.39 is 0 Å². The number of para-hydroxylation sites is 7. The van der Waals surface area contributed by atoms with Crippen LogP contribution in [0.4, 0.5) is 0 Å². The van der Waals surface area contributed by atoms with Crippen LogP contribution < -0.4 is 0 Å². The van der Waals surface area contributed by atoms with Gasteiger partial charge in [-0.15, -0.1) is 0 Å². The lowest BCUT2D eigenvalue weighted by Crippen LogP contribution is -2.03. The summed E-state index contributed by atoms with van der Waals surface area (Å²) in [5.41, 5.74) is 24.0. The lowest BCUT2D eigenvalue weighted by Gasteiger charge is -2.12. The van der Waals surface area contributed by atoms with E-state index in [0.29, 0.717) is 17.8 Å². The molecule has 0 radical (unpaired) electrons. The first-order valence-corrected chi connectivity index (χ1v) is 41.9. The van der Waals surface area contributed by atoms with Crippen LogP contribution in [0.1, 0.15) is 0 Å². The molecule has 125 heavy (non-hydrogen) atoms. The van der Waals surface area contributed by atoms with E-state index in [2.05, 4.69) is 387 Å². The minimum atomic E-state index is 0.664. The van der Waals surface area contributed by atoms with E-state index in [0.717, 1.165) is 155 Å². The van der Waals surface area contributed by atoms with Crippen molar-refractivity contribution >= 4 is 152 Å². The van der Waals surface area contributed by atoms with Crippen LogP contribution in [-0.4, -0.2) is 58.6 Å². The van der Waals surface area contributed by atoms with Crippen molar-refractivity contribution in [3.63, 3.8) is 0 Å². The van der Waals surface area contributed by atoms with Crippen LogP contribution in [0.5, 0.6) is 0 Å². The van der Waals surface area contributed by atoms with Crippen molar-refractivity contribution in [2.24, 2.45) is 0 Å². The molecule has 0 unspecified atom stereocenters. The summed E-state index contributed by atoms with van der Waals surface area (Å²) in [6, 6.07) is 140. The van der Waals surface area contributed by atoms with E-state index in [1.807, 2.05) is 61.1 Å². The number of pyridine rings is 3. The van der Waals surface area contributed by atoms with E-state index in [1.54, 1.807) is 6.20 Å². The van der Waals surface area contributed by atoms with Crippen molar-refractivity contribution < 1.29 is 0 Å². The summed E-state index contributed by atoms with van der Waals surface area (Å²) in [5.74, 6) is 2.00. The molecule has 0 spiro atoms. The van der Waals surface area contributed by atoms with Gasteiger partial charge in [0.1, 0.15) is 0 Å². The largest absolute Gasteiger partial charge is 0.278 e. The zero-order valence-electron chi connectivity index (χ0n) is 67.3. The number of benzene rings is 17. The van der Waals surface area contributed by atoms with Crippen molar-refractivity contribution in [3.8, 4) is 85.0 Å². The first-order chi connectivity index (χ1) is 61.9. The van der Waals surface area contributed by atoms with Crippen LogP contribution in [0.15, 0.2) is 425 Å². The molecule has 0 saturated carbocycles. The molecule has 0 saturated heterocycles. The van der Waals surface area contributed by atoms with E-state index in [4.69, 9.17) is 29.9 Å². The normalized spacial score (nSPS) is 11.7. The fraction of sp³-hybridized carbons (Fsp3) is 0. The van der Waals surface area contributed by atoms with Crippen molar-refractivity contribution in [1.29, 1.82) is 0 Å². The summed E-state index contributed by atoms with van der Waals surface area (Å²) in [4.78, 5) is 44.6. The Morgan fingerprint density at radius 3 is 0.944 bits per heavy atom. The molecule has 0 bridgehead atoms. The third-order valence-corrected chi connectivity index (χ3v) is 24.3. The lowest BCUT2D eigenvalue weighted by atomic mass is 9.99. The predicted molar refractivity (Wildman–Crippen MR) is 515 cm³/mol. The topological polar surface area (TPSA) is 131 Å². The Bertz CT molecular complexity index is 8790. The summed E-state index contributed by atoms with van der Waals surface area (Å²) in [6.45, 7) is 0. The number of hydrogen-bond acceptors (Lipinski definition) is 9. The Kier molecular flexibility index (Phi) is 17.3. The molecule has 0 fully saturated rings. The Labute approximate surface area is 716 Å². The molecule has 26 aromatic rings. The molecule has 9 aromatic heterocycles. The molecule has 0 amide bonds. The molecule has 0 aliphatic rings. The van der Waals surface area contributed by atoms with Gasteiger partial charge in [0.15, 0.2) is 0 Å². The quantitative estimate of drug-likeness (QED) is 0.139. The summed E-state index contributed by atoms with van der Waals surface area (Å²) in [6.07, 6.45) is 7.38. The highest BCUT2D eigenvalue weighted by Crippen LogP contribution is 2.42. The molecule has 0 aliphatic carbocycles. The standard InChI is InChI=1S/2C39H24N4.C35H22N4/c1-2-10-29-24-36-33(23-28(29)9-1)31-13-4-6-17-35(31)43(36)39-41-34-16-5-3-14-32(34)38(42-39)27-20-18-25(19-21-27)30-15-7-11-26-12-8-22-40-37(26)30;1-2-9-29-24-37-33(22-28(29)8-1)31-11-4-6-14-36(31)43(37)39-41-34-13-5-3-12-32(34)38(42-39)27-18-15-25(16-19-27)30-20-17-26-10-7-21-40-35(26)23-30;1-2-9-26-21-33-30(20-25(26)8-1)28-11-4-6-14-32(28)39(33)35-37-31-13-5-3-12-29(31)34(38-35)24-17-15-23(16-18-24)27-10-7-19-36-22-27/h2*1-24H;1-22H. The van der Waals surface area contributed by atoms with E-state index in [9.17, 15) is 0 Å². The van der Waals surface area contributed by atoms with Gasteiger partial charge in [0.05, 0.1) is 77.8 Å². The number of fused-ring (bicyclic) bond motifs is 17. The average molecular weight is 1600 g/mol. The molecular weight excluding hydrogens is 1530 g/mol. The Hall–Kier alpha value is -17.1. The Morgan fingerprint density at radius 1 is 0.176 bits per heavy atom. The van der Waals surface area contributed by atoms with Crippen molar-refractivity contribution in [3.05, 3.63) is 425 Å². The van der Waals surface area contributed by atoms with Crippen LogP contribution in [0.3, 0.4) is 0 Å². The molecule has 0 atom stereocenters. The lowest BCUT2D eigenvalue weighted by molar-refractivity contribution is 1.01. The zero-order valence-corrected chi connectivity index (χ0v) is 67.3. The first kappa shape index (κ1) is 72.0. The smallest absolute Gasteiger partial charge is 0.235 e. The van der Waals surface area contributed by atoms with Crippen molar-refractivity contribution in [2.75, 3.05) is 0 Å². The van der Waals surface area contributed by atoms with Crippen LogP contribution >= 0.6 is 0 Å². The Balaban J connectivity index is 0.000000105. The number of rotatable bonds is 9. The number of hydrogen-bond donors (Lipinski definition) is 0. The number of aromatic nitrogens is 12. The highest BCUT2D eigenvalue weighted by atomic mass is 15.2. The fourth-order valence-corrected chi connectivity index (χ4v) is 18.3. The van der Waals surface area contributed by atoms with E-state index in [-0.39, 0.29) is 0 Å². The monoisotopic (exact) mass is 1590 g/mol. The van der Waals surface area contributed by atoms with Gasteiger partial charge in [-0.2, -0.15) is 0 Å². The molecular formula is C113H70N12. The van der Waals surface area contributed by atoms with E-state index >= 15 is 0 Å². The van der Waals surface area contributed by atoms with Crippen LogP contribution in [0, 0.1) is 0 Å². The van der Waals surface area contributed by atoms with Gasteiger partial charge in [-0.25, -0.2) is 29.9 Å². The second kappa shape index (κ2) is 30.0. The van der Waals surface area contributed by atoms with Gasteiger partial charge in [-0.1, -0.05) is 303 Å². The van der Waals surface area contributed by atoms with Gasteiger partial charge >= 0.3 is 0 Å². The van der Waals surface area contributed by atoms with Crippen LogP contribution in [0.2, 0.25) is 0 Å². The summed E-state index contributed by atoms with van der Waals surface area (Å²) < 4.78 is 6.63. The third-order valence-electron chi connectivity index (χ3n) is 24.3. The molecule has 12 heteroatoms. The average Bonchev–Trinajstić information content (AvgIpc) is 1.60. The molecule has 26 rings (SSSR count). The molecule has 17 aromatic carbocycles. The molecule has 0 aliphatic heterocycles. The van der Waals surface area contributed by atoms with Gasteiger partial charge in [0.2, 0.25) is 17.8 Å². The van der Waals surface area contributed by atoms with Gasteiger partial charge in [0.25, 0.3) is 0 Å². The maximum atomic E-state index is 5.29. The van der Waals surface area contributed by atoms with Gasteiger partial charge < -0.3 is 0 Å². The van der Waals surface area contributed by atoms with Crippen LogP contribution in [-0.2, 0) is 0 Å². The molecule has 12 nitrogen and oxygen atoms in total. The van der Waals surface area contributed by atoms with Gasteiger partial charge in [-0.3, -0.25) is 28.7 Å². The van der Waals surface area contributed by atoms with Crippen molar-refractivity contribution in [2.45, 2.75) is 0 Å². The molecule has 9 heterocycles. The second-order valence-electron chi connectivity index (χ2n) is 31.6.